The Morgan fingerprint density at radius 3 is 2.33 bits per heavy atom. The van der Waals surface area contributed by atoms with E-state index in [0.717, 1.165) is 0 Å². The van der Waals surface area contributed by atoms with Crippen molar-refractivity contribution in [2.75, 3.05) is 0 Å². The second-order valence-corrected chi connectivity index (χ2v) is 4.96. The molecular weight excluding hydrogens is 232 g/mol. The van der Waals surface area contributed by atoms with Crippen LogP contribution in [0.5, 0.6) is 0 Å². The topological polar surface area (TPSA) is 68.3 Å². The summed E-state index contributed by atoms with van der Waals surface area (Å²) in [5, 5.41) is 2.58. The van der Waals surface area contributed by atoms with E-state index in [0.29, 0.717) is 5.56 Å². The van der Waals surface area contributed by atoms with Crippen LogP contribution < -0.4 is 5.32 Å². The summed E-state index contributed by atoms with van der Waals surface area (Å²) in [6.07, 6.45) is 3.04. The van der Waals surface area contributed by atoms with Crippen molar-refractivity contribution >= 4 is 11.9 Å². The largest absolute Gasteiger partial charge is 0.458 e. The number of aromatic nitrogens is 1. The molecule has 0 saturated heterocycles. The molecule has 0 bridgehead atoms. The summed E-state index contributed by atoms with van der Waals surface area (Å²) >= 11 is 0. The second kappa shape index (κ2) is 5.62. The number of carbonyl (C=O) groups is 2. The fraction of sp³-hybridized carbons (Fsp3) is 0.462. The maximum Gasteiger partial charge on any atom is 0.328 e. The third-order valence-electron chi connectivity index (χ3n) is 2.05. The van der Waals surface area contributed by atoms with E-state index in [1.165, 1.54) is 12.4 Å². The maximum atomic E-state index is 11.8. The average molecular weight is 250 g/mol. The van der Waals surface area contributed by atoms with E-state index in [1.54, 1.807) is 39.8 Å². The van der Waals surface area contributed by atoms with Gasteiger partial charge in [-0.2, -0.15) is 0 Å². The zero-order chi connectivity index (χ0) is 13.8. The van der Waals surface area contributed by atoms with Gasteiger partial charge >= 0.3 is 5.97 Å². The summed E-state index contributed by atoms with van der Waals surface area (Å²) in [4.78, 5) is 27.3. The number of ether oxygens (including phenoxy) is 1. The Labute approximate surface area is 107 Å². The molecule has 0 aliphatic rings. The Hall–Kier alpha value is -1.91. The molecule has 0 saturated carbocycles. The lowest BCUT2D eigenvalue weighted by molar-refractivity contribution is -0.156. The van der Waals surface area contributed by atoms with Crippen molar-refractivity contribution in [3.05, 3.63) is 30.1 Å². The molecule has 1 rings (SSSR count). The summed E-state index contributed by atoms with van der Waals surface area (Å²) in [5.41, 5.74) is -0.104. The highest BCUT2D eigenvalue weighted by atomic mass is 16.6. The van der Waals surface area contributed by atoms with E-state index < -0.39 is 17.6 Å². The van der Waals surface area contributed by atoms with Gasteiger partial charge in [-0.3, -0.25) is 9.78 Å². The van der Waals surface area contributed by atoms with Gasteiger partial charge in [0.25, 0.3) is 5.91 Å². The number of pyridine rings is 1. The molecule has 0 aliphatic carbocycles. The van der Waals surface area contributed by atoms with Crippen LogP contribution in [0, 0.1) is 0 Å². The molecule has 0 aliphatic heterocycles. The molecule has 98 valence electrons. The minimum atomic E-state index is -0.690. The van der Waals surface area contributed by atoms with Gasteiger partial charge in [0.1, 0.15) is 11.6 Å². The summed E-state index contributed by atoms with van der Waals surface area (Å²) in [7, 11) is 0. The summed E-state index contributed by atoms with van der Waals surface area (Å²) in [6, 6.07) is 2.47. The van der Waals surface area contributed by atoms with Crippen LogP contribution in [-0.4, -0.2) is 28.5 Å². The van der Waals surface area contributed by atoms with E-state index in [4.69, 9.17) is 4.74 Å². The average Bonchev–Trinajstić information content (AvgIpc) is 2.27. The summed E-state index contributed by atoms with van der Waals surface area (Å²) < 4.78 is 5.17. The van der Waals surface area contributed by atoms with Crippen molar-refractivity contribution in [1.82, 2.24) is 10.3 Å². The highest BCUT2D eigenvalue weighted by molar-refractivity contribution is 5.96. The molecule has 0 fully saturated rings. The molecule has 0 unspecified atom stereocenters. The molecule has 5 heteroatoms. The van der Waals surface area contributed by atoms with Crippen LogP contribution in [-0.2, 0) is 9.53 Å². The Morgan fingerprint density at radius 2 is 1.83 bits per heavy atom. The molecule has 0 spiro atoms. The normalized spacial score (nSPS) is 12.7. The van der Waals surface area contributed by atoms with Crippen LogP contribution in [0.3, 0.4) is 0 Å². The van der Waals surface area contributed by atoms with Crippen LogP contribution in [0.2, 0.25) is 0 Å². The molecule has 1 N–H and O–H groups in total. The Kier molecular flexibility index (Phi) is 4.42. The van der Waals surface area contributed by atoms with Gasteiger partial charge in [0.05, 0.1) is 0 Å². The number of amides is 1. The number of rotatable bonds is 3. The minimum Gasteiger partial charge on any atom is -0.458 e. The molecular formula is C13H18N2O3. The van der Waals surface area contributed by atoms with Crippen molar-refractivity contribution in [1.29, 1.82) is 0 Å². The van der Waals surface area contributed by atoms with Crippen molar-refractivity contribution in [3.8, 4) is 0 Å². The Balaban J connectivity index is 2.58. The Morgan fingerprint density at radius 1 is 1.28 bits per heavy atom. The predicted octanol–water partition coefficient (Wildman–Crippen LogP) is 1.54. The van der Waals surface area contributed by atoms with E-state index >= 15 is 0 Å². The first-order valence-electron chi connectivity index (χ1n) is 5.73. The van der Waals surface area contributed by atoms with E-state index in [2.05, 4.69) is 10.3 Å². The van der Waals surface area contributed by atoms with Gasteiger partial charge in [-0.25, -0.2) is 4.79 Å². The van der Waals surface area contributed by atoms with Crippen LogP contribution in [0.1, 0.15) is 38.1 Å². The number of esters is 1. The summed E-state index contributed by atoms with van der Waals surface area (Å²) in [5.74, 6) is -0.777. The first kappa shape index (κ1) is 14.2. The van der Waals surface area contributed by atoms with Crippen molar-refractivity contribution < 1.29 is 14.3 Å². The van der Waals surface area contributed by atoms with E-state index in [1.807, 2.05) is 0 Å². The number of hydrogen-bond donors (Lipinski definition) is 1. The van der Waals surface area contributed by atoms with Gasteiger partial charge in [-0.05, 0) is 39.8 Å². The quantitative estimate of drug-likeness (QED) is 0.826. The van der Waals surface area contributed by atoms with E-state index in [9.17, 15) is 9.59 Å². The zero-order valence-corrected chi connectivity index (χ0v) is 11.1. The van der Waals surface area contributed by atoms with Crippen LogP contribution in [0.25, 0.3) is 0 Å². The molecule has 0 aromatic carbocycles. The number of carbonyl (C=O) groups excluding carboxylic acids is 2. The molecule has 1 aromatic heterocycles. The standard InChI is InChI=1S/C13H18N2O3/c1-9(12(17)18-13(2,3)4)15-11(16)10-5-7-14-8-6-10/h5-9H,1-4H3,(H,15,16)/t9-/m0/s1. The lowest BCUT2D eigenvalue weighted by atomic mass is 10.2. The first-order valence-corrected chi connectivity index (χ1v) is 5.73. The second-order valence-electron chi connectivity index (χ2n) is 4.96. The third kappa shape index (κ3) is 4.53. The molecule has 1 heterocycles. The van der Waals surface area contributed by atoms with Crippen LogP contribution in [0.4, 0.5) is 0 Å². The SMILES string of the molecule is C[C@H](NC(=O)c1ccncc1)C(=O)OC(C)(C)C. The van der Waals surface area contributed by atoms with Gasteiger partial charge in [0.2, 0.25) is 0 Å². The molecule has 0 radical (unpaired) electrons. The molecule has 18 heavy (non-hydrogen) atoms. The Bertz CT molecular complexity index is 424. The van der Waals surface area contributed by atoms with Crippen LogP contribution >= 0.6 is 0 Å². The van der Waals surface area contributed by atoms with E-state index in [-0.39, 0.29) is 5.91 Å². The highest BCUT2D eigenvalue weighted by Crippen LogP contribution is 2.08. The van der Waals surface area contributed by atoms with Crippen LogP contribution in [0.15, 0.2) is 24.5 Å². The zero-order valence-electron chi connectivity index (χ0n) is 11.1. The van der Waals surface area contributed by atoms with Gasteiger partial charge in [0, 0.05) is 18.0 Å². The molecule has 1 aromatic rings. The number of nitrogens with one attached hydrogen (secondary N) is 1. The predicted molar refractivity (Wildman–Crippen MR) is 67.0 cm³/mol. The van der Waals surface area contributed by atoms with Gasteiger partial charge in [-0.1, -0.05) is 0 Å². The van der Waals surface area contributed by atoms with Crippen molar-refractivity contribution in [2.45, 2.75) is 39.3 Å². The van der Waals surface area contributed by atoms with Crippen molar-refractivity contribution in [3.63, 3.8) is 0 Å². The van der Waals surface area contributed by atoms with Gasteiger partial charge < -0.3 is 10.1 Å². The fourth-order valence-corrected chi connectivity index (χ4v) is 1.23. The number of hydrogen-bond acceptors (Lipinski definition) is 4. The molecule has 1 amide bonds. The summed E-state index contributed by atoms with van der Waals surface area (Å²) in [6.45, 7) is 6.93. The fourth-order valence-electron chi connectivity index (χ4n) is 1.23. The monoisotopic (exact) mass is 250 g/mol. The van der Waals surface area contributed by atoms with Crippen molar-refractivity contribution in [2.24, 2.45) is 0 Å². The first-order chi connectivity index (χ1) is 8.29. The maximum absolute atomic E-state index is 11.8. The lowest BCUT2D eigenvalue weighted by Crippen LogP contribution is -2.42. The smallest absolute Gasteiger partial charge is 0.328 e. The number of nitrogens with zero attached hydrogens (tertiary/aromatic N) is 1. The highest BCUT2D eigenvalue weighted by Gasteiger charge is 2.23. The molecule has 5 nitrogen and oxygen atoms in total. The van der Waals surface area contributed by atoms with Gasteiger partial charge in [0.15, 0.2) is 0 Å². The van der Waals surface area contributed by atoms with Gasteiger partial charge in [-0.15, -0.1) is 0 Å². The minimum absolute atomic E-state index is 0.323. The lowest BCUT2D eigenvalue weighted by Gasteiger charge is -2.22. The third-order valence-corrected chi connectivity index (χ3v) is 2.05. The molecule has 1 atom stereocenters.